The van der Waals surface area contributed by atoms with E-state index in [1.54, 1.807) is 24.1 Å². The number of aromatic nitrogens is 1. The Bertz CT molecular complexity index is 992. The lowest BCUT2D eigenvalue weighted by atomic mass is 9.89. The van der Waals surface area contributed by atoms with Gasteiger partial charge in [-0.1, -0.05) is 23.8 Å². The van der Waals surface area contributed by atoms with Crippen LogP contribution in [0, 0.1) is 10.1 Å². The van der Waals surface area contributed by atoms with Gasteiger partial charge in [-0.3, -0.25) is 15.1 Å². The van der Waals surface area contributed by atoms with Crippen molar-refractivity contribution >= 4 is 17.4 Å². The van der Waals surface area contributed by atoms with Crippen LogP contribution in [-0.2, 0) is 11.3 Å². The third-order valence-corrected chi connectivity index (χ3v) is 5.21. The number of carbonyl (C=O) groups excluding carboxylic acids is 1. The van der Waals surface area contributed by atoms with Crippen molar-refractivity contribution in [1.29, 1.82) is 0 Å². The van der Waals surface area contributed by atoms with Crippen molar-refractivity contribution in [2.45, 2.75) is 26.4 Å². The molecule has 4 rings (SSSR count). The molecule has 0 N–H and O–H groups in total. The third kappa shape index (κ3) is 3.53. The third-order valence-electron chi connectivity index (χ3n) is 5.21. The molecule has 1 saturated heterocycles. The van der Waals surface area contributed by atoms with E-state index in [1.165, 1.54) is 6.07 Å². The summed E-state index contributed by atoms with van der Waals surface area (Å²) in [7, 11) is 0. The minimum absolute atomic E-state index is 0.0580. The van der Waals surface area contributed by atoms with E-state index in [0.717, 1.165) is 22.4 Å². The zero-order valence-corrected chi connectivity index (χ0v) is 16.1. The minimum atomic E-state index is -0.423. The molecule has 150 valence electrons. The minimum Gasteiger partial charge on any atom is -0.481 e. The number of amides is 1. The standard InChI is InChI=1S/C21H21N3O5/c1-2-28-21(25)23-11-8-14(9-12-23)18-16-6-3-7-17(24(26)27)20(16)29-13-15-5-4-10-22-19(15)18/h3-7,10H,2,8-9,11-13H2,1H3. The van der Waals surface area contributed by atoms with Gasteiger partial charge in [-0.25, -0.2) is 4.79 Å². The van der Waals surface area contributed by atoms with E-state index >= 15 is 0 Å². The number of benzene rings is 1. The van der Waals surface area contributed by atoms with E-state index in [1.807, 2.05) is 18.2 Å². The Morgan fingerprint density at radius 2 is 2.07 bits per heavy atom. The Kier molecular flexibility index (Phi) is 5.16. The number of likely N-dealkylation sites (tertiary alicyclic amines) is 1. The van der Waals surface area contributed by atoms with Crippen LogP contribution in [0.3, 0.4) is 0 Å². The maximum Gasteiger partial charge on any atom is 0.409 e. The molecule has 1 amide bonds. The van der Waals surface area contributed by atoms with Gasteiger partial charge in [-0.05, 0) is 25.8 Å². The number of piperidine rings is 1. The molecule has 2 aliphatic heterocycles. The van der Waals surface area contributed by atoms with Gasteiger partial charge in [0.05, 0.1) is 17.2 Å². The van der Waals surface area contributed by atoms with Gasteiger partial charge in [-0.2, -0.15) is 0 Å². The highest BCUT2D eigenvalue weighted by Gasteiger charge is 2.30. The smallest absolute Gasteiger partial charge is 0.409 e. The summed E-state index contributed by atoms with van der Waals surface area (Å²) in [6.07, 6.45) is 2.70. The summed E-state index contributed by atoms with van der Waals surface area (Å²) in [6, 6.07) is 8.72. The molecule has 0 aliphatic carbocycles. The molecule has 0 bridgehead atoms. The Morgan fingerprint density at radius 1 is 1.28 bits per heavy atom. The van der Waals surface area contributed by atoms with Crippen molar-refractivity contribution in [2.24, 2.45) is 0 Å². The summed E-state index contributed by atoms with van der Waals surface area (Å²) in [5, 5.41) is 11.6. The SMILES string of the molecule is CCOC(=O)N1CCC(=C2c3cccc([N+](=O)[O-])c3OCc3cccnc32)CC1. The Hall–Kier alpha value is -3.42. The Balaban J connectivity index is 1.81. The van der Waals surface area contributed by atoms with Crippen molar-refractivity contribution in [2.75, 3.05) is 19.7 Å². The van der Waals surface area contributed by atoms with E-state index in [-0.39, 0.29) is 24.1 Å². The summed E-state index contributed by atoms with van der Waals surface area (Å²) >= 11 is 0. The van der Waals surface area contributed by atoms with Crippen LogP contribution in [0.5, 0.6) is 5.75 Å². The number of ether oxygens (including phenoxy) is 2. The topological polar surface area (TPSA) is 94.8 Å². The second kappa shape index (κ2) is 7.90. The van der Waals surface area contributed by atoms with Crippen molar-refractivity contribution < 1.29 is 19.2 Å². The molecular weight excluding hydrogens is 374 g/mol. The fourth-order valence-electron chi connectivity index (χ4n) is 3.86. The van der Waals surface area contributed by atoms with Gasteiger partial charge in [0.15, 0.2) is 0 Å². The van der Waals surface area contributed by atoms with Crippen LogP contribution in [0.2, 0.25) is 0 Å². The number of fused-ring (bicyclic) bond motifs is 2. The summed E-state index contributed by atoms with van der Waals surface area (Å²) in [5.74, 6) is 0.269. The molecule has 3 heterocycles. The van der Waals surface area contributed by atoms with E-state index in [4.69, 9.17) is 9.47 Å². The Labute approximate surface area is 167 Å². The average Bonchev–Trinajstić information content (AvgIpc) is 2.90. The molecule has 8 nitrogen and oxygen atoms in total. The quantitative estimate of drug-likeness (QED) is 0.565. The van der Waals surface area contributed by atoms with E-state index in [2.05, 4.69) is 4.98 Å². The fraction of sp³-hybridized carbons (Fsp3) is 0.333. The summed E-state index contributed by atoms with van der Waals surface area (Å²) in [4.78, 5) is 29.4. The van der Waals surface area contributed by atoms with E-state index < -0.39 is 4.92 Å². The van der Waals surface area contributed by atoms with Crippen molar-refractivity contribution in [1.82, 2.24) is 9.88 Å². The summed E-state index contributed by atoms with van der Waals surface area (Å²) < 4.78 is 11.0. The zero-order chi connectivity index (χ0) is 20.4. The fourth-order valence-corrected chi connectivity index (χ4v) is 3.86. The van der Waals surface area contributed by atoms with Gasteiger partial charge in [0.1, 0.15) is 6.61 Å². The summed E-state index contributed by atoms with van der Waals surface area (Å²) in [5.41, 5.74) is 4.27. The van der Waals surface area contributed by atoms with Gasteiger partial charge < -0.3 is 14.4 Å². The van der Waals surface area contributed by atoms with Crippen molar-refractivity contribution in [3.63, 3.8) is 0 Å². The molecule has 8 heteroatoms. The molecule has 1 fully saturated rings. The number of nitro benzene ring substituents is 1. The molecule has 1 aromatic heterocycles. The van der Waals surface area contributed by atoms with E-state index in [9.17, 15) is 14.9 Å². The van der Waals surface area contributed by atoms with Crippen LogP contribution in [0.15, 0.2) is 42.1 Å². The second-order valence-corrected chi connectivity index (χ2v) is 6.88. The predicted molar refractivity (Wildman–Crippen MR) is 106 cm³/mol. The first kappa shape index (κ1) is 18.9. The van der Waals surface area contributed by atoms with Crippen LogP contribution >= 0.6 is 0 Å². The highest BCUT2D eigenvalue weighted by Crippen LogP contribution is 2.43. The first-order valence-corrected chi connectivity index (χ1v) is 9.58. The lowest BCUT2D eigenvalue weighted by Gasteiger charge is -2.29. The first-order chi connectivity index (χ1) is 14.1. The first-order valence-electron chi connectivity index (χ1n) is 9.58. The van der Waals surface area contributed by atoms with Crippen LogP contribution in [0.1, 0.15) is 36.6 Å². The number of pyridine rings is 1. The van der Waals surface area contributed by atoms with Crippen LogP contribution < -0.4 is 4.74 Å². The normalized spacial score (nSPS) is 15.7. The number of hydrogen-bond acceptors (Lipinski definition) is 6. The molecule has 0 unspecified atom stereocenters. The number of rotatable bonds is 2. The second-order valence-electron chi connectivity index (χ2n) is 6.88. The number of nitro groups is 1. The highest BCUT2D eigenvalue weighted by molar-refractivity contribution is 5.87. The van der Waals surface area contributed by atoms with Crippen molar-refractivity contribution in [3.05, 3.63) is 69.0 Å². The van der Waals surface area contributed by atoms with Crippen molar-refractivity contribution in [3.8, 4) is 5.75 Å². The number of carbonyl (C=O) groups is 1. The molecule has 0 spiro atoms. The number of hydrogen-bond donors (Lipinski definition) is 0. The molecule has 0 atom stereocenters. The number of nitrogens with zero attached hydrogens (tertiary/aromatic N) is 3. The maximum absolute atomic E-state index is 12.0. The summed E-state index contributed by atoms with van der Waals surface area (Å²) in [6.45, 7) is 3.41. The van der Waals surface area contributed by atoms with Crippen LogP contribution in [0.4, 0.5) is 10.5 Å². The highest BCUT2D eigenvalue weighted by atomic mass is 16.6. The van der Waals surface area contributed by atoms with Crippen LogP contribution in [0.25, 0.3) is 5.57 Å². The monoisotopic (exact) mass is 395 g/mol. The average molecular weight is 395 g/mol. The Morgan fingerprint density at radius 3 is 2.79 bits per heavy atom. The lowest BCUT2D eigenvalue weighted by Crippen LogP contribution is -2.37. The molecule has 1 aromatic carbocycles. The molecule has 0 radical (unpaired) electrons. The van der Waals surface area contributed by atoms with Crippen LogP contribution in [-0.4, -0.2) is 40.6 Å². The lowest BCUT2D eigenvalue weighted by molar-refractivity contribution is -0.386. The molecule has 2 aliphatic rings. The van der Waals surface area contributed by atoms with Gasteiger partial charge in [0.25, 0.3) is 0 Å². The molecule has 2 aromatic rings. The van der Waals surface area contributed by atoms with E-state index in [0.29, 0.717) is 38.1 Å². The molecule has 29 heavy (non-hydrogen) atoms. The van der Waals surface area contributed by atoms with Gasteiger partial charge in [0, 0.05) is 42.1 Å². The largest absolute Gasteiger partial charge is 0.481 e. The van der Waals surface area contributed by atoms with Gasteiger partial charge in [-0.15, -0.1) is 0 Å². The zero-order valence-electron chi connectivity index (χ0n) is 16.1. The van der Waals surface area contributed by atoms with Gasteiger partial charge >= 0.3 is 11.8 Å². The maximum atomic E-state index is 12.0. The molecule has 0 saturated carbocycles. The predicted octanol–water partition coefficient (Wildman–Crippen LogP) is 3.94. The number of para-hydroxylation sites is 1. The van der Waals surface area contributed by atoms with Gasteiger partial charge in [0.2, 0.25) is 5.75 Å². The molecular formula is C21H21N3O5.